The van der Waals surface area contributed by atoms with Crippen LogP contribution in [0.1, 0.15) is 31.7 Å². The van der Waals surface area contributed by atoms with Crippen LogP contribution in [0.3, 0.4) is 0 Å². The van der Waals surface area contributed by atoms with Crippen molar-refractivity contribution in [3.8, 4) is 5.82 Å². The molecule has 27 heavy (non-hydrogen) atoms. The molecule has 1 fully saturated rings. The van der Waals surface area contributed by atoms with Crippen molar-refractivity contribution in [2.75, 3.05) is 26.2 Å². The van der Waals surface area contributed by atoms with E-state index in [1.807, 2.05) is 29.8 Å². The Morgan fingerprint density at radius 3 is 2.59 bits per heavy atom. The van der Waals surface area contributed by atoms with E-state index in [4.69, 9.17) is 0 Å². The van der Waals surface area contributed by atoms with E-state index in [2.05, 4.69) is 39.3 Å². The van der Waals surface area contributed by atoms with Gasteiger partial charge in [-0.25, -0.2) is 14.8 Å². The van der Waals surface area contributed by atoms with Gasteiger partial charge in [0.15, 0.2) is 0 Å². The first-order chi connectivity index (χ1) is 13.0. The predicted octanol–water partition coefficient (Wildman–Crippen LogP) is 2.35. The third-order valence-electron chi connectivity index (χ3n) is 4.99. The molecule has 0 saturated carbocycles. The number of carbonyl (C=O) groups excluding carboxylic acids is 1. The number of likely N-dealkylation sites (tertiary alicyclic amines) is 1. The van der Waals surface area contributed by atoms with Crippen LogP contribution in [0.25, 0.3) is 5.82 Å². The highest BCUT2D eigenvalue weighted by Crippen LogP contribution is 2.20. The number of hydrogen-bond donors (Lipinski definition) is 2. The summed E-state index contributed by atoms with van der Waals surface area (Å²) >= 11 is 0. The molecule has 0 aromatic carbocycles. The molecule has 1 aliphatic rings. The Hall–Kier alpha value is -2.41. The number of imidazole rings is 1. The van der Waals surface area contributed by atoms with Crippen molar-refractivity contribution in [3.05, 3.63) is 42.1 Å². The molecule has 3 heterocycles. The third kappa shape index (κ3) is 5.53. The maximum Gasteiger partial charge on any atom is 0.315 e. The van der Waals surface area contributed by atoms with Crippen molar-refractivity contribution in [1.82, 2.24) is 30.1 Å². The maximum absolute atomic E-state index is 12.0. The van der Waals surface area contributed by atoms with Gasteiger partial charge in [-0.2, -0.15) is 0 Å². The summed E-state index contributed by atoms with van der Waals surface area (Å²) < 4.78 is 1.92. The Morgan fingerprint density at radius 1 is 1.19 bits per heavy atom. The number of carbonyl (C=O) groups is 1. The molecule has 0 bridgehead atoms. The van der Waals surface area contributed by atoms with Crippen LogP contribution >= 0.6 is 0 Å². The van der Waals surface area contributed by atoms with Gasteiger partial charge in [0.05, 0.1) is 0 Å². The fourth-order valence-corrected chi connectivity index (χ4v) is 3.83. The molecule has 2 aromatic heterocycles. The molecular weight excluding hydrogens is 340 g/mol. The van der Waals surface area contributed by atoms with E-state index in [9.17, 15) is 4.79 Å². The number of pyridine rings is 1. The number of aromatic nitrogens is 3. The molecular formula is C20H30N6O. The van der Waals surface area contributed by atoms with Gasteiger partial charge >= 0.3 is 6.03 Å². The lowest BCUT2D eigenvalue weighted by atomic mass is 9.92. The van der Waals surface area contributed by atoms with Gasteiger partial charge in [0.1, 0.15) is 11.6 Å². The molecule has 3 rings (SSSR count). The van der Waals surface area contributed by atoms with E-state index in [-0.39, 0.29) is 6.03 Å². The van der Waals surface area contributed by atoms with Crippen molar-refractivity contribution in [2.24, 2.45) is 11.8 Å². The Kier molecular flexibility index (Phi) is 6.45. The predicted molar refractivity (Wildman–Crippen MR) is 106 cm³/mol. The monoisotopic (exact) mass is 370 g/mol. The number of piperidine rings is 1. The van der Waals surface area contributed by atoms with Crippen molar-refractivity contribution >= 4 is 6.03 Å². The lowest BCUT2D eigenvalue weighted by Crippen LogP contribution is -2.44. The second-order valence-electron chi connectivity index (χ2n) is 7.68. The number of aryl methyl sites for hydroxylation is 1. The molecule has 2 N–H and O–H groups in total. The summed E-state index contributed by atoms with van der Waals surface area (Å²) in [6.07, 6.45) is 6.72. The minimum absolute atomic E-state index is 0.136. The van der Waals surface area contributed by atoms with Gasteiger partial charge in [0, 0.05) is 51.3 Å². The van der Waals surface area contributed by atoms with Gasteiger partial charge in [-0.05, 0) is 36.8 Å². The van der Waals surface area contributed by atoms with Crippen molar-refractivity contribution < 1.29 is 4.79 Å². The minimum Gasteiger partial charge on any atom is -0.337 e. The molecule has 1 aliphatic heterocycles. The molecule has 2 amide bonds. The topological polar surface area (TPSA) is 75.1 Å². The normalized spacial score (nSPS) is 20.4. The average Bonchev–Trinajstić information content (AvgIpc) is 3.05. The largest absolute Gasteiger partial charge is 0.337 e. The van der Waals surface area contributed by atoms with E-state index < -0.39 is 0 Å². The molecule has 7 nitrogen and oxygen atoms in total. The number of hydrogen-bond acceptors (Lipinski definition) is 4. The molecule has 0 spiro atoms. The summed E-state index contributed by atoms with van der Waals surface area (Å²) in [5.74, 6) is 3.20. The Morgan fingerprint density at radius 2 is 1.96 bits per heavy atom. The number of amides is 2. The van der Waals surface area contributed by atoms with Crippen LogP contribution in [0.15, 0.2) is 30.7 Å². The molecule has 2 atom stereocenters. The first-order valence-corrected chi connectivity index (χ1v) is 9.70. The van der Waals surface area contributed by atoms with E-state index in [0.29, 0.717) is 13.1 Å². The van der Waals surface area contributed by atoms with Gasteiger partial charge in [0.25, 0.3) is 0 Å². The fourth-order valence-electron chi connectivity index (χ4n) is 3.83. The van der Waals surface area contributed by atoms with Crippen molar-refractivity contribution in [3.63, 3.8) is 0 Å². The summed E-state index contributed by atoms with van der Waals surface area (Å²) in [5, 5.41) is 5.84. The van der Waals surface area contributed by atoms with Gasteiger partial charge in [-0.1, -0.05) is 19.9 Å². The van der Waals surface area contributed by atoms with E-state index in [0.717, 1.165) is 48.7 Å². The standard InChI is InChI=1S/C20H30N6O/c1-15-10-16(2)14-25(13-15)8-6-22-20(27)24-12-18-4-5-19(23-11-18)26-9-7-21-17(26)3/h4-5,7,9,11,15-16H,6,8,10,12-14H2,1-3H3,(H2,22,24,27). The Labute approximate surface area is 161 Å². The van der Waals surface area contributed by atoms with Crippen LogP contribution < -0.4 is 10.6 Å². The zero-order valence-corrected chi connectivity index (χ0v) is 16.5. The summed E-state index contributed by atoms with van der Waals surface area (Å²) in [6, 6.07) is 3.77. The summed E-state index contributed by atoms with van der Waals surface area (Å²) in [6.45, 7) is 10.8. The maximum atomic E-state index is 12.0. The molecule has 2 unspecified atom stereocenters. The van der Waals surface area contributed by atoms with Crippen LogP contribution in [-0.4, -0.2) is 51.6 Å². The second kappa shape index (κ2) is 8.99. The molecule has 2 aromatic rings. The second-order valence-corrected chi connectivity index (χ2v) is 7.68. The van der Waals surface area contributed by atoms with E-state index in [1.165, 1.54) is 6.42 Å². The average molecular weight is 371 g/mol. The first-order valence-electron chi connectivity index (χ1n) is 9.70. The zero-order chi connectivity index (χ0) is 19.2. The fraction of sp³-hybridized carbons (Fsp3) is 0.550. The van der Waals surface area contributed by atoms with Gasteiger partial charge < -0.3 is 15.5 Å². The van der Waals surface area contributed by atoms with Crippen molar-refractivity contribution in [1.29, 1.82) is 0 Å². The molecule has 146 valence electrons. The highest BCUT2D eigenvalue weighted by Gasteiger charge is 2.21. The number of nitrogens with zero attached hydrogens (tertiary/aromatic N) is 4. The number of rotatable bonds is 6. The minimum atomic E-state index is -0.136. The SMILES string of the molecule is Cc1nccn1-c1ccc(CNC(=O)NCCN2CC(C)CC(C)C2)cn1. The highest BCUT2D eigenvalue weighted by atomic mass is 16.2. The summed E-state index contributed by atoms with van der Waals surface area (Å²) in [5.41, 5.74) is 0.963. The van der Waals surface area contributed by atoms with E-state index >= 15 is 0 Å². The molecule has 0 aliphatic carbocycles. The molecule has 1 saturated heterocycles. The van der Waals surface area contributed by atoms with Gasteiger partial charge in [0.2, 0.25) is 0 Å². The van der Waals surface area contributed by atoms with Crippen LogP contribution in [0.2, 0.25) is 0 Å². The van der Waals surface area contributed by atoms with E-state index in [1.54, 1.807) is 12.4 Å². The van der Waals surface area contributed by atoms with Gasteiger partial charge in [-0.15, -0.1) is 0 Å². The Bertz CT molecular complexity index is 731. The molecule has 0 radical (unpaired) electrons. The quantitative estimate of drug-likeness (QED) is 0.818. The van der Waals surface area contributed by atoms with Gasteiger partial charge in [-0.3, -0.25) is 4.57 Å². The lowest BCUT2D eigenvalue weighted by Gasteiger charge is -2.34. The van der Waals surface area contributed by atoms with Crippen LogP contribution in [-0.2, 0) is 6.54 Å². The smallest absolute Gasteiger partial charge is 0.315 e. The summed E-state index contributed by atoms with van der Waals surface area (Å²) in [4.78, 5) is 23.1. The number of urea groups is 1. The highest BCUT2D eigenvalue weighted by molar-refractivity contribution is 5.73. The number of nitrogens with one attached hydrogen (secondary N) is 2. The van der Waals surface area contributed by atoms with Crippen LogP contribution in [0, 0.1) is 18.8 Å². The van der Waals surface area contributed by atoms with Crippen LogP contribution in [0.4, 0.5) is 4.79 Å². The van der Waals surface area contributed by atoms with Crippen LogP contribution in [0.5, 0.6) is 0 Å². The van der Waals surface area contributed by atoms with Crippen molar-refractivity contribution in [2.45, 2.75) is 33.7 Å². The third-order valence-corrected chi connectivity index (χ3v) is 4.99. The molecule has 7 heteroatoms. The first kappa shape index (κ1) is 19.4. The lowest BCUT2D eigenvalue weighted by molar-refractivity contribution is 0.142. The zero-order valence-electron chi connectivity index (χ0n) is 16.5. The Balaban J connectivity index is 1.38. The summed E-state index contributed by atoms with van der Waals surface area (Å²) in [7, 11) is 0.